The van der Waals surface area contributed by atoms with Gasteiger partial charge in [0, 0.05) is 24.2 Å². The SMILES string of the molecule is Cc1nc([C@H]2CC[C@@H](O)[C@H](NC3CCC3)C2)n(-c2cccnc2)n1. The molecule has 0 amide bonds. The Morgan fingerprint density at radius 2 is 2.12 bits per heavy atom. The molecule has 0 aromatic carbocycles. The third-order valence-electron chi connectivity index (χ3n) is 5.36. The van der Waals surface area contributed by atoms with E-state index in [0.29, 0.717) is 12.0 Å². The molecule has 2 aliphatic carbocycles. The minimum atomic E-state index is -0.252. The molecule has 3 atom stereocenters. The fourth-order valence-corrected chi connectivity index (χ4v) is 3.81. The van der Waals surface area contributed by atoms with E-state index in [1.54, 1.807) is 6.20 Å². The highest BCUT2D eigenvalue weighted by atomic mass is 16.3. The Bertz CT molecular complexity index is 682. The van der Waals surface area contributed by atoms with Crippen LogP contribution in [0.4, 0.5) is 0 Å². The first-order valence-corrected chi connectivity index (χ1v) is 8.99. The van der Waals surface area contributed by atoms with Crippen molar-refractivity contribution in [1.82, 2.24) is 25.1 Å². The van der Waals surface area contributed by atoms with E-state index in [-0.39, 0.29) is 12.1 Å². The molecule has 128 valence electrons. The Labute approximate surface area is 142 Å². The van der Waals surface area contributed by atoms with Gasteiger partial charge in [0.15, 0.2) is 0 Å². The van der Waals surface area contributed by atoms with Crippen LogP contribution in [0.25, 0.3) is 5.69 Å². The van der Waals surface area contributed by atoms with Crippen molar-refractivity contribution in [2.75, 3.05) is 0 Å². The molecule has 0 radical (unpaired) electrons. The van der Waals surface area contributed by atoms with Crippen molar-refractivity contribution in [3.05, 3.63) is 36.2 Å². The number of rotatable bonds is 4. The number of nitrogens with one attached hydrogen (secondary N) is 1. The molecule has 2 N–H and O–H groups in total. The van der Waals surface area contributed by atoms with E-state index in [1.165, 1.54) is 19.3 Å². The maximum atomic E-state index is 10.4. The topological polar surface area (TPSA) is 75.9 Å². The van der Waals surface area contributed by atoms with E-state index in [1.807, 2.05) is 29.9 Å². The zero-order valence-electron chi connectivity index (χ0n) is 14.1. The van der Waals surface area contributed by atoms with Crippen LogP contribution >= 0.6 is 0 Å². The maximum absolute atomic E-state index is 10.4. The van der Waals surface area contributed by atoms with Crippen molar-refractivity contribution in [1.29, 1.82) is 0 Å². The first kappa shape index (κ1) is 15.7. The number of aromatic nitrogens is 4. The third kappa shape index (κ3) is 3.08. The van der Waals surface area contributed by atoms with Gasteiger partial charge in [-0.2, -0.15) is 5.10 Å². The summed E-state index contributed by atoms with van der Waals surface area (Å²) < 4.78 is 1.92. The molecular formula is C18H25N5O. The minimum Gasteiger partial charge on any atom is -0.392 e. The Kier molecular flexibility index (Phi) is 4.33. The van der Waals surface area contributed by atoms with Crippen molar-refractivity contribution >= 4 is 0 Å². The summed E-state index contributed by atoms with van der Waals surface area (Å²) in [5, 5.41) is 18.6. The average Bonchev–Trinajstić information content (AvgIpc) is 2.95. The van der Waals surface area contributed by atoms with Crippen molar-refractivity contribution in [3.63, 3.8) is 0 Å². The van der Waals surface area contributed by atoms with Gasteiger partial charge in [-0.05, 0) is 51.2 Å². The molecule has 0 saturated heterocycles. The van der Waals surface area contributed by atoms with Crippen molar-refractivity contribution < 1.29 is 5.11 Å². The van der Waals surface area contributed by atoms with Crippen molar-refractivity contribution in [2.24, 2.45) is 0 Å². The molecule has 4 rings (SSSR count). The molecule has 24 heavy (non-hydrogen) atoms. The van der Waals surface area contributed by atoms with Crippen LogP contribution in [0, 0.1) is 6.92 Å². The number of nitrogens with zero attached hydrogens (tertiary/aromatic N) is 4. The number of aliphatic hydroxyl groups excluding tert-OH is 1. The number of pyridine rings is 1. The summed E-state index contributed by atoms with van der Waals surface area (Å²) >= 11 is 0. The molecule has 2 aromatic rings. The quantitative estimate of drug-likeness (QED) is 0.899. The van der Waals surface area contributed by atoms with Gasteiger partial charge in [0.25, 0.3) is 0 Å². The summed E-state index contributed by atoms with van der Waals surface area (Å²) in [5.74, 6) is 2.09. The fourth-order valence-electron chi connectivity index (χ4n) is 3.81. The molecule has 2 saturated carbocycles. The van der Waals surface area contributed by atoms with Gasteiger partial charge >= 0.3 is 0 Å². The minimum absolute atomic E-state index is 0.161. The highest BCUT2D eigenvalue weighted by Crippen LogP contribution is 2.34. The largest absolute Gasteiger partial charge is 0.392 e. The van der Waals surface area contributed by atoms with Gasteiger partial charge in [0.2, 0.25) is 0 Å². The Balaban J connectivity index is 1.57. The summed E-state index contributed by atoms with van der Waals surface area (Å²) in [7, 11) is 0. The highest BCUT2D eigenvalue weighted by molar-refractivity contribution is 5.29. The lowest BCUT2D eigenvalue weighted by atomic mass is 9.81. The van der Waals surface area contributed by atoms with Gasteiger partial charge in [-0.15, -0.1) is 0 Å². The van der Waals surface area contributed by atoms with Crippen LogP contribution in [0.1, 0.15) is 56.1 Å². The maximum Gasteiger partial charge on any atom is 0.148 e. The first-order valence-electron chi connectivity index (χ1n) is 8.99. The van der Waals surface area contributed by atoms with Crippen molar-refractivity contribution in [2.45, 2.75) is 69.6 Å². The molecule has 2 fully saturated rings. The molecule has 0 unspecified atom stereocenters. The second-order valence-electron chi connectivity index (χ2n) is 7.12. The molecule has 0 spiro atoms. The lowest BCUT2D eigenvalue weighted by Crippen LogP contribution is -2.50. The highest BCUT2D eigenvalue weighted by Gasteiger charge is 2.34. The second-order valence-corrected chi connectivity index (χ2v) is 7.12. The molecule has 2 heterocycles. The second kappa shape index (κ2) is 6.61. The van der Waals surface area contributed by atoms with Gasteiger partial charge < -0.3 is 10.4 Å². The molecule has 0 bridgehead atoms. The van der Waals surface area contributed by atoms with Gasteiger partial charge in [-0.25, -0.2) is 9.67 Å². The van der Waals surface area contributed by atoms with Gasteiger partial charge in [-0.3, -0.25) is 4.98 Å². The summed E-state index contributed by atoms with van der Waals surface area (Å²) in [5.41, 5.74) is 0.947. The Morgan fingerprint density at radius 1 is 1.25 bits per heavy atom. The molecule has 2 aromatic heterocycles. The van der Waals surface area contributed by atoms with Crippen molar-refractivity contribution in [3.8, 4) is 5.69 Å². The number of aliphatic hydroxyl groups is 1. The molecule has 6 heteroatoms. The number of hydrogen-bond acceptors (Lipinski definition) is 5. The predicted octanol–water partition coefficient (Wildman–Crippen LogP) is 2.11. The molecule has 0 aliphatic heterocycles. The zero-order valence-corrected chi connectivity index (χ0v) is 14.1. The standard InChI is InChI=1S/C18H25N5O/c1-12-20-18(23(22-12)15-6-3-9-19-11-15)13-7-8-17(24)16(10-13)21-14-4-2-5-14/h3,6,9,11,13-14,16-17,21,24H,2,4-5,7-8,10H2,1H3/t13-,16+,17+/m0/s1. The molecule has 6 nitrogen and oxygen atoms in total. The molecular weight excluding hydrogens is 302 g/mol. The normalized spacial score (nSPS) is 27.8. The van der Waals surface area contributed by atoms with E-state index in [0.717, 1.165) is 36.6 Å². The van der Waals surface area contributed by atoms with E-state index >= 15 is 0 Å². The Hall–Kier alpha value is -1.79. The number of aryl methyl sites for hydroxylation is 1. The Morgan fingerprint density at radius 3 is 2.83 bits per heavy atom. The number of hydrogen-bond donors (Lipinski definition) is 2. The van der Waals surface area contributed by atoms with Gasteiger partial charge in [0.05, 0.1) is 18.0 Å². The monoisotopic (exact) mass is 327 g/mol. The lowest BCUT2D eigenvalue weighted by Gasteiger charge is -2.38. The van der Waals surface area contributed by atoms with E-state index in [2.05, 4.69) is 15.4 Å². The summed E-state index contributed by atoms with van der Waals surface area (Å²) in [6.07, 6.45) is 9.78. The van der Waals surface area contributed by atoms with E-state index in [9.17, 15) is 5.11 Å². The summed E-state index contributed by atoms with van der Waals surface area (Å²) in [6.45, 7) is 1.93. The summed E-state index contributed by atoms with van der Waals surface area (Å²) in [4.78, 5) is 8.90. The summed E-state index contributed by atoms with van der Waals surface area (Å²) in [6, 6.07) is 4.67. The molecule has 2 aliphatic rings. The van der Waals surface area contributed by atoms with Crippen LogP contribution in [0.5, 0.6) is 0 Å². The third-order valence-corrected chi connectivity index (χ3v) is 5.36. The van der Waals surface area contributed by atoms with Gasteiger partial charge in [0.1, 0.15) is 11.6 Å². The van der Waals surface area contributed by atoms with E-state index < -0.39 is 0 Å². The van der Waals surface area contributed by atoms with Crippen LogP contribution in [0.3, 0.4) is 0 Å². The fraction of sp³-hybridized carbons (Fsp3) is 0.611. The van der Waals surface area contributed by atoms with Gasteiger partial charge in [-0.1, -0.05) is 6.42 Å². The van der Waals surface area contributed by atoms with Crippen LogP contribution in [0.2, 0.25) is 0 Å². The average molecular weight is 327 g/mol. The van der Waals surface area contributed by atoms with Crippen LogP contribution in [-0.2, 0) is 0 Å². The van der Waals surface area contributed by atoms with Crippen LogP contribution in [-0.4, -0.2) is 43.0 Å². The lowest BCUT2D eigenvalue weighted by molar-refractivity contribution is 0.0691. The van der Waals surface area contributed by atoms with Crippen LogP contribution in [0.15, 0.2) is 24.5 Å². The predicted molar refractivity (Wildman–Crippen MR) is 91.1 cm³/mol. The van der Waals surface area contributed by atoms with Crippen LogP contribution < -0.4 is 5.32 Å². The zero-order chi connectivity index (χ0) is 16.5. The first-order chi connectivity index (χ1) is 11.7. The smallest absolute Gasteiger partial charge is 0.148 e. The van der Waals surface area contributed by atoms with E-state index in [4.69, 9.17) is 4.98 Å².